The standard InChI is InChI=1S/C2H4O2.Ca.5ClH.Co.Mg.Mn.Ni.H2O4S.2Zn.4H/c1-2(3)4;;;;;;;;;;;1-5(2,3)4;;;;;;/h1H3,(H,3,4);;5*1H;;;;;(H2,1,2,3,4);;;;;;. The molecule has 0 aromatic carbocycles. The van der Waals surface area contributed by atoms with Crippen LogP contribution in [-0.4, -0.2) is 89.4 Å². The fraction of sp³-hybridized carbons (Fsp3) is 0.500. The number of hydrogen-bond acceptors (Lipinski definition) is 3. The molecule has 0 fully saturated rings. The van der Waals surface area contributed by atoms with Crippen LogP contribution in [0.25, 0.3) is 0 Å². The van der Waals surface area contributed by atoms with Crippen LogP contribution in [0.5, 0.6) is 0 Å². The van der Waals surface area contributed by atoms with E-state index >= 15 is 0 Å². The molecule has 0 heterocycles. The van der Waals surface area contributed by atoms with Crippen LogP contribution in [0, 0.1) is 0 Å². The van der Waals surface area contributed by atoms with E-state index in [0.29, 0.717) is 0 Å². The molecule has 0 saturated carbocycles. The van der Waals surface area contributed by atoms with Gasteiger partial charge in [0.25, 0.3) is 5.97 Å². The zero-order valence-electron chi connectivity index (χ0n) is 8.96. The molecule has 3 N–H and O–H groups in total. The summed E-state index contributed by atoms with van der Waals surface area (Å²) in [6.07, 6.45) is 0. The molecule has 0 saturated heterocycles. The normalized spacial score (nSPS) is 3.95. The Hall–Kier alpha value is 5.58. The van der Waals surface area contributed by atoms with E-state index in [1.807, 2.05) is 0 Å². The molecule has 0 aromatic heterocycles. The molecule has 0 amide bonds. The first-order valence-electron chi connectivity index (χ1n) is 1.63. The number of carboxylic acid groups (broad SMARTS) is 1. The molecular formula is C2H15CaCl5CoMgMnNiO6SZn2. The van der Waals surface area contributed by atoms with E-state index in [-0.39, 0.29) is 212 Å². The maximum Gasteiger partial charge on any atom is 0.316 e. The minimum atomic E-state index is -4.67. The van der Waals surface area contributed by atoms with Gasteiger partial charge in [0.15, 0.2) is 0 Å². The van der Waals surface area contributed by atoms with E-state index in [1.54, 1.807) is 0 Å². The summed E-state index contributed by atoms with van der Waals surface area (Å²) in [6, 6.07) is 0. The van der Waals surface area contributed by atoms with Crippen LogP contribution in [0.15, 0.2) is 0 Å². The maximum absolute atomic E-state index is 9.00. The molecular weight excluding hydrogens is 697 g/mol. The van der Waals surface area contributed by atoms with Gasteiger partial charge in [-0.1, -0.05) is 0 Å². The first kappa shape index (κ1) is 110. The SMILES string of the molecule is CC(=O)O.Cl.Cl.Cl.Cl.Cl.O=S(=O)(O)O.[CaH2].[Co].[MgH2].[Mn].[Ni].[Zn].[Zn]. The molecule has 0 aromatic rings. The van der Waals surface area contributed by atoms with Crippen molar-refractivity contribution in [2.24, 2.45) is 0 Å². The summed E-state index contributed by atoms with van der Waals surface area (Å²) < 4.78 is 31.6. The second-order valence-electron chi connectivity index (χ2n) is 0.967. The van der Waals surface area contributed by atoms with E-state index in [2.05, 4.69) is 0 Å². The van der Waals surface area contributed by atoms with E-state index in [9.17, 15) is 0 Å². The summed E-state index contributed by atoms with van der Waals surface area (Å²) in [5, 5.41) is 7.42. The van der Waals surface area contributed by atoms with E-state index in [1.165, 1.54) is 0 Å². The number of hydrogen-bond donors (Lipinski definition) is 3. The summed E-state index contributed by atoms with van der Waals surface area (Å²) >= 11 is 0. The van der Waals surface area contributed by atoms with E-state index in [4.69, 9.17) is 27.4 Å². The molecule has 0 rings (SSSR count). The number of rotatable bonds is 0. The van der Waals surface area contributed by atoms with Crippen LogP contribution in [0.1, 0.15) is 6.92 Å². The van der Waals surface area contributed by atoms with Gasteiger partial charge >= 0.3 is 71.2 Å². The first-order valence-corrected chi connectivity index (χ1v) is 3.02. The third kappa shape index (κ3) is 457. The average Bonchev–Trinajstić information content (AvgIpc) is 1.19. The van der Waals surface area contributed by atoms with Crippen molar-refractivity contribution in [2.45, 2.75) is 6.92 Å². The topological polar surface area (TPSA) is 112 Å². The van der Waals surface area contributed by atoms with Gasteiger partial charge in [-0.25, -0.2) is 0 Å². The summed E-state index contributed by atoms with van der Waals surface area (Å²) in [4.78, 5) is 9.00. The second kappa shape index (κ2) is 72.7. The fourth-order valence-electron chi connectivity index (χ4n) is 0. The van der Waals surface area contributed by atoms with Gasteiger partial charge in [0.1, 0.15) is 0 Å². The van der Waals surface area contributed by atoms with Gasteiger partial charge in [-0.05, 0) is 0 Å². The van der Waals surface area contributed by atoms with Gasteiger partial charge in [0.2, 0.25) is 0 Å². The fourth-order valence-corrected chi connectivity index (χ4v) is 0. The summed E-state index contributed by atoms with van der Waals surface area (Å²) in [7, 11) is -4.67. The van der Waals surface area contributed by atoms with Crippen LogP contribution >= 0.6 is 62.0 Å². The van der Waals surface area contributed by atoms with Crippen LogP contribution in [0.4, 0.5) is 0 Å². The van der Waals surface area contributed by atoms with Gasteiger partial charge in [0.05, 0.1) is 0 Å². The van der Waals surface area contributed by atoms with Gasteiger partial charge in [-0.3, -0.25) is 13.9 Å². The first-order chi connectivity index (χ1) is 3.73. The summed E-state index contributed by atoms with van der Waals surface area (Å²) in [5.74, 6) is -0.833. The van der Waals surface area contributed by atoms with Gasteiger partial charge in [0, 0.05) is 96.2 Å². The number of carboxylic acids is 1. The number of halogens is 5. The third-order valence-corrected chi connectivity index (χ3v) is 0. The molecule has 134 valence electrons. The molecule has 0 aliphatic heterocycles. The van der Waals surface area contributed by atoms with Gasteiger partial charge in [-0.2, -0.15) is 8.42 Å². The quantitative estimate of drug-likeness (QED) is 0.235. The Kier molecular flexibility index (Phi) is 380. The predicted octanol–water partition coefficient (Wildman–Crippen LogP) is -0.298. The molecule has 19 heteroatoms. The van der Waals surface area contributed by atoms with Crippen molar-refractivity contribution in [1.29, 1.82) is 0 Å². The molecule has 0 spiro atoms. The van der Waals surface area contributed by atoms with Crippen molar-refractivity contribution in [1.82, 2.24) is 0 Å². The molecule has 0 unspecified atom stereocenters. The van der Waals surface area contributed by atoms with Crippen LogP contribution < -0.4 is 0 Å². The Morgan fingerprint density at radius 1 is 0.905 bits per heavy atom. The van der Waals surface area contributed by atoms with Crippen molar-refractivity contribution in [3.63, 3.8) is 0 Å². The predicted molar refractivity (Wildman–Crippen MR) is 80.8 cm³/mol. The van der Waals surface area contributed by atoms with Crippen LogP contribution in [0.2, 0.25) is 0 Å². The smallest absolute Gasteiger partial charge is 0 e. The molecule has 0 aliphatic carbocycles. The van der Waals surface area contributed by atoms with E-state index in [0.717, 1.165) is 6.92 Å². The van der Waals surface area contributed by atoms with Crippen LogP contribution in [-0.2, 0) is 104 Å². The molecule has 0 aliphatic rings. The monoisotopic (exact) mass is 706 g/mol. The maximum atomic E-state index is 9.00. The molecule has 0 bridgehead atoms. The Balaban J connectivity index is -0.00000000249. The Morgan fingerprint density at radius 3 is 0.905 bits per heavy atom. The van der Waals surface area contributed by atoms with Crippen molar-refractivity contribution in [3.05, 3.63) is 0 Å². The number of carbonyl (C=O) groups is 1. The molecule has 6 nitrogen and oxygen atoms in total. The Morgan fingerprint density at radius 2 is 0.905 bits per heavy atom. The second-order valence-corrected chi connectivity index (χ2v) is 1.86. The van der Waals surface area contributed by atoms with Crippen molar-refractivity contribution >= 4 is 139 Å². The summed E-state index contributed by atoms with van der Waals surface area (Å²) in [6.45, 7) is 1.08. The molecule has 2 radical (unpaired) electrons. The zero-order chi connectivity index (χ0) is 8.08. The van der Waals surface area contributed by atoms with Gasteiger partial charge in [-0.15, -0.1) is 62.0 Å². The largest absolute Gasteiger partial charge is 0.316 e. The Bertz CT molecular complexity index is 204. The van der Waals surface area contributed by atoms with Crippen LogP contribution in [0.3, 0.4) is 0 Å². The zero-order valence-corrected chi connectivity index (χ0v) is 23.0. The van der Waals surface area contributed by atoms with Crippen molar-refractivity contribution in [2.75, 3.05) is 0 Å². The molecule has 0 atom stereocenters. The Labute approximate surface area is 258 Å². The average molecular weight is 712 g/mol. The van der Waals surface area contributed by atoms with Crippen molar-refractivity contribution < 1.29 is 117 Å². The minimum absolute atomic E-state index is 0. The van der Waals surface area contributed by atoms with Crippen molar-refractivity contribution in [3.8, 4) is 0 Å². The molecule has 21 heavy (non-hydrogen) atoms. The number of aliphatic carboxylic acids is 1. The third-order valence-electron chi connectivity index (χ3n) is 0. The van der Waals surface area contributed by atoms with E-state index < -0.39 is 16.4 Å². The van der Waals surface area contributed by atoms with Gasteiger partial charge < -0.3 is 5.11 Å². The minimum Gasteiger partial charge on any atom is 0 e. The summed E-state index contributed by atoms with van der Waals surface area (Å²) in [5.41, 5.74) is 0.